The number of fused-ring (bicyclic) bond motifs is 1. The largest absolute Gasteiger partial charge is 0.496 e. The van der Waals surface area contributed by atoms with E-state index in [1.807, 2.05) is 19.9 Å². The van der Waals surface area contributed by atoms with E-state index in [2.05, 4.69) is 20.9 Å². The van der Waals surface area contributed by atoms with Crippen LogP contribution in [0.5, 0.6) is 5.75 Å². The van der Waals surface area contributed by atoms with Crippen LogP contribution in [0.1, 0.15) is 50.5 Å². The second kappa shape index (κ2) is 12.4. The Morgan fingerprint density at radius 2 is 1.89 bits per heavy atom. The van der Waals surface area contributed by atoms with E-state index < -0.39 is 48.2 Å². The van der Waals surface area contributed by atoms with Crippen molar-refractivity contribution in [2.24, 2.45) is 11.8 Å². The zero-order valence-corrected chi connectivity index (χ0v) is 21.5. The summed E-state index contributed by atoms with van der Waals surface area (Å²) >= 11 is 0. The van der Waals surface area contributed by atoms with E-state index in [1.165, 1.54) is 6.92 Å². The smallest absolute Gasteiger partial charge is 0.303 e. The number of esters is 1. The standard InChI is InChI=1S/C26H34N4O7/c1-14(2)10-20(30-26(35)21-12-17-18(28-21)6-5-7-23(17)36-4)25(34)29-19(22(32)13-37-15(3)31)11-16-8-9-27-24(16)33/h5-7,12,14,16,19-20,28H,8-11,13H2,1-4H3,(H,27,33)(H,29,34)(H,30,35)/t16?,19-,20-/m1/s1. The van der Waals surface area contributed by atoms with Gasteiger partial charge >= 0.3 is 5.97 Å². The van der Waals surface area contributed by atoms with E-state index in [0.29, 0.717) is 30.7 Å². The Kier molecular flexibility index (Phi) is 9.26. The van der Waals surface area contributed by atoms with Gasteiger partial charge in [-0.25, -0.2) is 0 Å². The predicted molar refractivity (Wildman–Crippen MR) is 135 cm³/mol. The van der Waals surface area contributed by atoms with Crippen LogP contribution in [-0.2, 0) is 23.9 Å². The van der Waals surface area contributed by atoms with Crippen LogP contribution < -0.4 is 20.7 Å². The molecule has 2 heterocycles. The van der Waals surface area contributed by atoms with Gasteiger partial charge in [0.2, 0.25) is 11.8 Å². The first kappa shape index (κ1) is 27.7. The number of methoxy groups -OCH3 is 1. The Balaban J connectivity index is 1.77. The van der Waals surface area contributed by atoms with Crippen LogP contribution in [0.2, 0.25) is 0 Å². The van der Waals surface area contributed by atoms with E-state index in [1.54, 1.807) is 25.3 Å². The number of rotatable bonds is 12. The normalized spacial score (nSPS) is 16.7. The van der Waals surface area contributed by atoms with Gasteiger partial charge in [0.1, 0.15) is 17.5 Å². The van der Waals surface area contributed by atoms with Crippen molar-refractivity contribution in [3.63, 3.8) is 0 Å². The Bertz CT molecular complexity index is 1170. The summed E-state index contributed by atoms with van der Waals surface area (Å²) in [5.41, 5.74) is 0.964. The number of ether oxygens (including phenoxy) is 2. The van der Waals surface area contributed by atoms with Crippen LogP contribution in [0, 0.1) is 11.8 Å². The van der Waals surface area contributed by atoms with Gasteiger partial charge < -0.3 is 30.4 Å². The maximum atomic E-state index is 13.3. The van der Waals surface area contributed by atoms with Gasteiger partial charge in [-0.2, -0.15) is 0 Å². The van der Waals surface area contributed by atoms with Crippen molar-refractivity contribution < 1.29 is 33.4 Å². The third kappa shape index (κ3) is 7.31. The molecule has 0 saturated carbocycles. The van der Waals surface area contributed by atoms with Gasteiger partial charge in [-0.3, -0.25) is 24.0 Å². The molecule has 0 bridgehead atoms. The molecule has 1 fully saturated rings. The van der Waals surface area contributed by atoms with Gasteiger partial charge in [-0.05, 0) is 43.4 Å². The number of hydrogen-bond acceptors (Lipinski definition) is 7. The Labute approximate surface area is 215 Å². The average molecular weight is 515 g/mol. The molecule has 1 aromatic heterocycles. The fourth-order valence-corrected chi connectivity index (χ4v) is 4.34. The van der Waals surface area contributed by atoms with Crippen molar-refractivity contribution in [3.05, 3.63) is 30.0 Å². The highest BCUT2D eigenvalue weighted by atomic mass is 16.5. The quantitative estimate of drug-likeness (QED) is 0.313. The van der Waals surface area contributed by atoms with Gasteiger partial charge in [0.15, 0.2) is 12.4 Å². The number of benzene rings is 1. The first-order valence-corrected chi connectivity index (χ1v) is 12.3. The summed E-state index contributed by atoms with van der Waals surface area (Å²) in [5, 5.41) is 8.89. The van der Waals surface area contributed by atoms with Crippen LogP contribution in [-0.4, -0.2) is 66.8 Å². The van der Waals surface area contributed by atoms with Crippen molar-refractivity contribution in [2.75, 3.05) is 20.3 Å². The molecule has 3 rings (SSSR count). The molecule has 200 valence electrons. The number of carbonyl (C=O) groups is 5. The molecule has 11 heteroatoms. The summed E-state index contributed by atoms with van der Waals surface area (Å²) in [6.07, 6.45) is 0.916. The second-order valence-corrected chi connectivity index (χ2v) is 9.58. The highest BCUT2D eigenvalue weighted by molar-refractivity contribution is 6.02. The summed E-state index contributed by atoms with van der Waals surface area (Å²) in [4.78, 5) is 65.5. The Hall–Kier alpha value is -3.89. The summed E-state index contributed by atoms with van der Waals surface area (Å²) in [5.74, 6) is -2.19. The number of Topliss-reactive ketones (excluding diaryl/α,β-unsaturated/α-hetero) is 1. The number of carbonyl (C=O) groups excluding carboxylic acids is 5. The molecule has 1 aliphatic heterocycles. The lowest BCUT2D eigenvalue weighted by Gasteiger charge is -2.25. The fraction of sp³-hybridized carbons (Fsp3) is 0.500. The van der Waals surface area contributed by atoms with Gasteiger partial charge in [0, 0.05) is 30.3 Å². The topological polar surface area (TPSA) is 156 Å². The van der Waals surface area contributed by atoms with Crippen LogP contribution in [0.25, 0.3) is 10.9 Å². The van der Waals surface area contributed by atoms with Gasteiger partial charge in [-0.1, -0.05) is 19.9 Å². The number of ketones is 1. The minimum atomic E-state index is -1.05. The van der Waals surface area contributed by atoms with Gasteiger partial charge in [0.05, 0.1) is 13.2 Å². The average Bonchev–Trinajstić information content (AvgIpc) is 3.47. The van der Waals surface area contributed by atoms with Crippen molar-refractivity contribution in [2.45, 2.75) is 52.1 Å². The van der Waals surface area contributed by atoms with Crippen LogP contribution >= 0.6 is 0 Å². The molecule has 0 spiro atoms. The number of amides is 3. The van der Waals surface area contributed by atoms with Gasteiger partial charge in [0.25, 0.3) is 5.91 Å². The van der Waals surface area contributed by atoms with Crippen LogP contribution in [0.4, 0.5) is 0 Å². The highest BCUT2D eigenvalue weighted by Gasteiger charge is 2.33. The highest BCUT2D eigenvalue weighted by Crippen LogP contribution is 2.26. The number of hydrogen-bond donors (Lipinski definition) is 4. The molecule has 1 aromatic carbocycles. The van der Waals surface area contributed by atoms with E-state index in [9.17, 15) is 24.0 Å². The van der Waals surface area contributed by atoms with E-state index in [4.69, 9.17) is 9.47 Å². The molecule has 1 unspecified atom stereocenters. The third-order valence-corrected chi connectivity index (χ3v) is 6.22. The minimum Gasteiger partial charge on any atom is -0.496 e. The van der Waals surface area contributed by atoms with E-state index in [0.717, 1.165) is 5.39 Å². The lowest BCUT2D eigenvalue weighted by Crippen LogP contribution is -2.53. The number of H-pyrrole nitrogens is 1. The van der Waals surface area contributed by atoms with Crippen molar-refractivity contribution >= 4 is 40.4 Å². The number of aromatic nitrogens is 1. The molecule has 0 aliphatic carbocycles. The monoisotopic (exact) mass is 514 g/mol. The maximum Gasteiger partial charge on any atom is 0.303 e. The number of nitrogens with one attached hydrogen (secondary N) is 4. The SMILES string of the molecule is COc1cccc2[nH]c(C(=O)N[C@H](CC(C)C)C(=O)N[C@H](CC3CCNC3=O)C(=O)COC(C)=O)cc12. The first-order valence-electron chi connectivity index (χ1n) is 12.3. The Morgan fingerprint density at radius 3 is 2.51 bits per heavy atom. The molecular weight excluding hydrogens is 480 g/mol. The van der Waals surface area contributed by atoms with Crippen molar-refractivity contribution in [1.82, 2.24) is 20.9 Å². The summed E-state index contributed by atoms with van der Waals surface area (Å²) in [6, 6.07) is 5.05. The third-order valence-electron chi connectivity index (χ3n) is 6.22. The maximum absolute atomic E-state index is 13.3. The molecule has 1 saturated heterocycles. The van der Waals surface area contributed by atoms with Gasteiger partial charge in [-0.15, -0.1) is 0 Å². The lowest BCUT2D eigenvalue weighted by molar-refractivity contribution is -0.146. The van der Waals surface area contributed by atoms with Crippen LogP contribution in [0.3, 0.4) is 0 Å². The molecule has 4 N–H and O–H groups in total. The summed E-state index contributed by atoms with van der Waals surface area (Å²) < 4.78 is 10.2. The minimum absolute atomic E-state index is 0.0506. The zero-order chi connectivity index (χ0) is 27.1. The fourth-order valence-electron chi connectivity index (χ4n) is 4.34. The second-order valence-electron chi connectivity index (χ2n) is 9.58. The predicted octanol–water partition coefficient (Wildman–Crippen LogP) is 1.46. The molecule has 0 radical (unpaired) electrons. The zero-order valence-electron chi connectivity index (χ0n) is 21.5. The molecule has 2 aromatic rings. The summed E-state index contributed by atoms with van der Waals surface area (Å²) in [7, 11) is 1.54. The van der Waals surface area contributed by atoms with Crippen LogP contribution in [0.15, 0.2) is 24.3 Å². The first-order chi connectivity index (χ1) is 17.6. The molecular formula is C26H34N4O7. The lowest BCUT2D eigenvalue weighted by atomic mass is 9.95. The molecule has 3 atom stereocenters. The number of aromatic amines is 1. The summed E-state index contributed by atoms with van der Waals surface area (Å²) in [6.45, 7) is 4.97. The Morgan fingerprint density at radius 1 is 1.14 bits per heavy atom. The van der Waals surface area contributed by atoms with E-state index in [-0.39, 0.29) is 23.9 Å². The molecule has 1 aliphatic rings. The molecule has 3 amide bonds. The van der Waals surface area contributed by atoms with Crippen molar-refractivity contribution in [1.29, 1.82) is 0 Å². The molecule has 11 nitrogen and oxygen atoms in total. The van der Waals surface area contributed by atoms with Crippen molar-refractivity contribution in [3.8, 4) is 5.75 Å². The van der Waals surface area contributed by atoms with E-state index >= 15 is 0 Å². The molecule has 37 heavy (non-hydrogen) atoms.